The molecule has 0 spiro atoms. The van der Waals surface area contributed by atoms with Crippen LogP contribution in [0.4, 0.5) is 11.4 Å². The number of benzene rings is 2. The van der Waals surface area contributed by atoms with Gasteiger partial charge in [0.05, 0.1) is 5.56 Å². The fourth-order valence-electron chi connectivity index (χ4n) is 3.16. The molecule has 5 heteroatoms. The normalized spacial score (nSPS) is 10.4. The third kappa shape index (κ3) is 5.33. The van der Waals surface area contributed by atoms with Crippen molar-refractivity contribution in [3.8, 4) is 0 Å². The molecule has 144 valence electrons. The van der Waals surface area contributed by atoms with Crippen molar-refractivity contribution >= 4 is 23.3 Å². The predicted octanol–water partition coefficient (Wildman–Crippen LogP) is 4.25. The molecule has 0 aliphatic heterocycles. The number of carbonyl (C=O) groups is 2. The zero-order valence-corrected chi connectivity index (χ0v) is 16.8. The van der Waals surface area contributed by atoms with Crippen LogP contribution in [0.25, 0.3) is 0 Å². The van der Waals surface area contributed by atoms with Gasteiger partial charge in [-0.25, -0.2) is 4.79 Å². The number of aryl methyl sites for hydroxylation is 3. The highest BCUT2D eigenvalue weighted by Gasteiger charge is 2.13. The summed E-state index contributed by atoms with van der Waals surface area (Å²) in [7, 11) is 0. The number of hydrogen-bond acceptors (Lipinski definition) is 4. The molecule has 0 radical (unpaired) electrons. The van der Waals surface area contributed by atoms with Gasteiger partial charge in [0.2, 0.25) is 0 Å². The number of nitrogens with one attached hydrogen (secondary N) is 1. The molecule has 2 aromatic rings. The van der Waals surface area contributed by atoms with Crippen LogP contribution in [-0.2, 0) is 9.53 Å². The summed E-state index contributed by atoms with van der Waals surface area (Å²) in [5.41, 5.74) is 5.37. The number of amides is 1. The third-order valence-electron chi connectivity index (χ3n) is 4.51. The maximum absolute atomic E-state index is 12.2. The van der Waals surface area contributed by atoms with Crippen LogP contribution in [0.3, 0.4) is 0 Å². The molecule has 2 rings (SSSR count). The lowest BCUT2D eigenvalue weighted by molar-refractivity contribution is -0.119. The Morgan fingerprint density at radius 1 is 0.963 bits per heavy atom. The molecule has 1 amide bonds. The summed E-state index contributed by atoms with van der Waals surface area (Å²) in [6.45, 7) is 11.6. The molecule has 0 saturated carbocycles. The number of ether oxygens (including phenoxy) is 1. The summed E-state index contributed by atoms with van der Waals surface area (Å²) in [5, 5.41) is 2.83. The van der Waals surface area contributed by atoms with Crippen LogP contribution in [0.5, 0.6) is 0 Å². The predicted molar refractivity (Wildman–Crippen MR) is 110 cm³/mol. The van der Waals surface area contributed by atoms with Crippen molar-refractivity contribution < 1.29 is 14.3 Å². The Kier molecular flexibility index (Phi) is 6.99. The number of nitrogens with zero attached hydrogens (tertiary/aromatic N) is 1. The lowest BCUT2D eigenvalue weighted by Gasteiger charge is -2.20. The van der Waals surface area contributed by atoms with Gasteiger partial charge in [0, 0.05) is 24.5 Å². The van der Waals surface area contributed by atoms with Crippen LogP contribution in [0.15, 0.2) is 36.4 Å². The lowest BCUT2D eigenvalue weighted by Crippen LogP contribution is -2.22. The van der Waals surface area contributed by atoms with Crippen LogP contribution in [0.1, 0.15) is 40.9 Å². The van der Waals surface area contributed by atoms with E-state index < -0.39 is 5.97 Å². The molecule has 0 heterocycles. The fourth-order valence-corrected chi connectivity index (χ4v) is 3.16. The Labute approximate surface area is 161 Å². The summed E-state index contributed by atoms with van der Waals surface area (Å²) < 4.78 is 5.15. The molecule has 0 saturated heterocycles. The van der Waals surface area contributed by atoms with Crippen LogP contribution in [-0.4, -0.2) is 31.6 Å². The van der Waals surface area contributed by atoms with Crippen molar-refractivity contribution in [1.29, 1.82) is 0 Å². The van der Waals surface area contributed by atoms with Crippen molar-refractivity contribution in [2.45, 2.75) is 34.6 Å². The fraction of sp³-hybridized carbons (Fsp3) is 0.364. The summed E-state index contributed by atoms with van der Waals surface area (Å²) in [4.78, 5) is 26.5. The Bertz CT molecular complexity index is 786. The smallest absolute Gasteiger partial charge is 0.338 e. The summed E-state index contributed by atoms with van der Waals surface area (Å²) in [6, 6.07) is 11.2. The molecule has 0 fully saturated rings. The van der Waals surface area contributed by atoms with E-state index in [9.17, 15) is 9.59 Å². The van der Waals surface area contributed by atoms with Gasteiger partial charge in [0.25, 0.3) is 5.91 Å². The number of rotatable bonds is 7. The SMILES string of the molecule is CCN(CC)c1ccc(C(=O)OCC(=O)Nc2c(C)cc(C)cc2C)cc1. The van der Waals surface area contributed by atoms with E-state index in [1.165, 1.54) is 0 Å². The number of anilines is 2. The first-order chi connectivity index (χ1) is 12.8. The number of hydrogen-bond donors (Lipinski definition) is 1. The average Bonchev–Trinajstić information content (AvgIpc) is 2.64. The quantitative estimate of drug-likeness (QED) is 0.742. The average molecular weight is 368 g/mol. The largest absolute Gasteiger partial charge is 0.452 e. The lowest BCUT2D eigenvalue weighted by atomic mass is 10.1. The molecule has 0 aliphatic rings. The number of esters is 1. The van der Waals surface area contributed by atoms with Gasteiger partial charge in [-0.15, -0.1) is 0 Å². The second kappa shape index (κ2) is 9.21. The van der Waals surface area contributed by atoms with Gasteiger partial charge >= 0.3 is 5.97 Å². The van der Waals surface area contributed by atoms with Gasteiger partial charge in [0.15, 0.2) is 6.61 Å². The molecular weight excluding hydrogens is 340 g/mol. The first kappa shape index (κ1) is 20.5. The molecule has 0 aromatic heterocycles. The molecule has 0 unspecified atom stereocenters. The van der Waals surface area contributed by atoms with E-state index in [2.05, 4.69) is 24.1 Å². The summed E-state index contributed by atoms with van der Waals surface area (Å²) in [5.74, 6) is -0.855. The Hall–Kier alpha value is -2.82. The Morgan fingerprint density at radius 2 is 1.52 bits per heavy atom. The standard InChI is InChI=1S/C22H28N2O3/c1-6-24(7-2)19-10-8-18(9-11-19)22(26)27-14-20(25)23-21-16(4)12-15(3)13-17(21)5/h8-13H,6-7,14H2,1-5H3,(H,23,25). The zero-order chi connectivity index (χ0) is 20.0. The highest BCUT2D eigenvalue weighted by Crippen LogP contribution is 2.22. The first-order valence-electron chi connectivity index (χ1n) is 9.25. The van der Waals surface area contributed by atoms with E-state index in [0.29, 0.717) is 5.56 Å². The molecule has 5 nitrogen and oxygen atoms in total. The van der Waals surface area contributed by atoms with Gasteiger partial charge in [-0.3, -0.25) is 4.79 Å². The van der Waals surface area contributed by atoms with Gasteiger partial charge in [-0.2, -0.15) is 0 Å². The minimum absolute atomic E-state index is 0.316. The minimum atomic E-state index is -0.506. The van der Waals surface area contributed by atoms with E-state index >= 15 is 0 Å². The summed E-state index contributed by atoms with van der Waals surface area (Å²) >= 11 is 0. The maximum atomic E-state index is 12.2. The van der Waals surface area contributed by atoms with Crippen LogP contribution in [0.2, 0.25) is 0 Å². The van der Waals surface area contributed by atoms with E-state index in [-0.39, 0.29) is 12.5 Å². The topological polar surface area (TPSA) is 58.6 Å². The molecule has 0 atom stereocenters. The molecule has 0 bridgehead atoms. The van der Waals surface area contributed by atoms with Gasteiger partial charge in [-0.05, 0) is 70.0 Å². The monoisotopic (exact) mass is 368 g/mol. The van der Waals surface area contributed by atoms with E-state index in [1.54, 1.807) is 12.1 Å². The van der Waals surface area contributed by atoms with Crippen molar-refractivity contribution in [3.63, 3.8) is 0 Å². The zero-order valence-electron chi connectivity index (χ0n) is 16.8. The van der Waals surface area contributed by atoms with Crippen molar-refractivity contribution in [3.05, 3.63) is 58.7 Å². The maximum Gasteiger partial charge on any atom is 0.338 e. The van der Waals surface area contributed by atoms with Crippen molar-refractivity contribution in [2.75, 3.05) is 29.9 Å². The molecule has 1 N–H and O–H groups in total. The molecular formula is C22H28N2O3. The highest BCUT2D eigenvalue weighted by atomic mass is 16.5. The Balaban J connectivity index is 1.94. The van der Waals surface area contributed by atoms with Crippen LogP contribution < -0.4 is 10.2 Å². The second-order valence-corrected chi connectivity index (χ2v) is 6.62. The van der Waals surface area contributed by atoms with E-state index in [1.807, 2.05) is 45.0 Å². The van der Waals surface area contributed by atoms with Crippen molar-refractivity contribution in [2.24, 2.45) is 0 Å². The first-order valence-corrected chi connectivity index (χ1v) is 9.25. The third-order valence-corrected chi connectivity index (χ3v) is 4.51. The van der Waals surface area contributed by atoms with Gasteiger partial charge in [-0.1, -0.05) is 17.7 Å². The molecule has 2 aromatic carbocycles. The van der Waals surface area contributed by atoms with Crippen LogP contribution >= 0.6 is 0 Å². The highest BCUT2D eigenvalue weighted by molar-refractivity contribution is 5.96. The summed E-state index contributed by atoms with van der Waals surface area (Å²) in [6.07, 6.45) is 0. The second-order valence-electron chi connectivity index (χ2n) is 6.62. The van der Waals surface area contributed by atoms with Crippen molar-refractivity contribution in [1.82, 2.24) is 0 Å². The molecule has 27 heavy (non-hydrogen) atoms. The molecule has 0 aliphatic carbocycles. The Morgan fingerprint density at radius 3 is 2.04 bits per heavy atom. The minimum Gasteiger partial charge on any atom is -0.452 e. The van der Waals surface area contributed by atoms with Gasteiger partial charge < -0.3 is 15.0 Å². The van der Waals surface area contributed by atoms with E-state index in [4.69, 9.17) is 4.74 Å². The van der Waals surface area contributed by atoms with Gasteiger partial charge in [0.1, 0.15) is 0 Å². The van der Waals surface area contributed by atoms with Crippen LogP contribution in [0, 0.1) is 20.8 Å². The van der Waals surface area contributed by atoms with E-state index in [0.717, 1.165) is 41.2 Å². The number of carbonyl (C=O) groups excluding carboxylic acids is 2.